The summed E-state index contributed by atoms with van der Waals surface area (Å²) in [6, 6.07) is 3.33. The number of carbonyl (C=O) groups is 1. The number of nitrogens with zero attached hydrogens (tertiary/aromatic N) is 1. The Labute approximate surface area is 140 Å². The van der Waals surface area contributed by atoms with Gasteiger partial charge in [-0.2, -0.15) is 0 Å². The van der Waals surface area contributed by atoms with Crippen LogP contribution < -0.4 is 19.5 Å². The molecule has 0 fully saturated rings. The molecule has 1 atom stereocenters. The van der Waals surface area contributed by atoms with E-state index in [9.17, 15) is 4.79 Å². The average molecular weight is 334 g/mol. The van der Waals surface area contributed by atoms with Crippen LogP contribution in [0.4, 0.5) is 0 Å². The van der Waals surface area contributed by atoms with Gasteiger partial charge in [0.05, 0.1) is 33.1 Å². The standard InChI is InChI=1S/C17H22N2O5/c1-9(18-17(20)15-10(2)19-24-11(15)3)12-7-13(21-4)16(23-6)14(8-12)22-5/h7-9H,1-6H3,(H,18,20)/t9-/m1/s1. The number of hydrogen-bond acceptors (Lipinski definition) is 6. The van der Waals surface area contributed by atoms with Crippen molar-refractivity contribution in [1.29, 1.82) is 0 Å². The molecule has 0 aliphatic rings. The van der Waals surface area contributed by atoms with Crippen LogP contribution in [0.1, 0.15) is 40.3 Å². The first kappa shape index (κ1) is 17.7. The van der Waals surface area contributed by atoms with E-state index in [0.717, 1.165) is 5.56 Å². The van der Waals surface area contributed by atoms with E-state index in [1.807, 2.05) is 6.92 Å². The lowest BCUT2D eigenvalue weighted by molar-refractivity contribution is 0.0937. The minimum Gasteiger partial charge on any atom is -0.493 e. The highest BCUT2D eigenvalue weighted by atomic mass is 16.5. The van der Waals surface area contributed by atoms with E-state index in [1.165, 1.54) is 0 Å². The van der Waals surface area contributed by atoms with E-state index in [1.54, 1.807) is 47.3 Å². The molecule has 2 aromatic rings. The zero-order valence-corrected chi connectivity index (χ0v) is 14.7. The van der Waals surface area contributed by atoms with Crippen LogP contribution in [0.15, 0.2) is 16.7 Å². The van der Waals surface area contributed by atoms with Gasteiger partial charge in [0.25, 0.3) is 5.91 Å². The molecule has 24 heavy (non-hydrogen) atoms. The van der Waals surface area contributed by atoms with Gasteiger partial charge in [0.2, 0.25) is 5.75 Å². The summed E-state index contributed by atoms with van der Waals surface area (Å²) in [5.41, 5.74) is 1.83. The maximum atomic E-state index is 12.5. The second-order valence-corrected chi connectivity index (χ2v) is 5.35. The molecule has 2 rings (SSSR count). The number of ether oxygens (including phenoxy) is 3. The molecule has 1 aromatic carbocycles. The van der Waals surface area contributed by atoms with Gasteiger partial charge < -0.3 is 24.1 Å². The van der Waals surface area contributed by atoms with Crippen molar-refractivity contribution in [3.8, 4) is 17.2 Å². The fourth-order valence-electron chi connectivity index (χ4n) is 2.51. The Morgan fingerprint density at radius 3 is 2.12 bits per heavy atom. The van der Waals surface area contributed by atoms with Crippen LogP contribution >= 0.6 is 0 Å². The fraction of sp³-hybridized carbons (Fsp3) is 0.412. The summed E-state index contributed by atoms with van der Waals surface area (Å²) < 4.78 is 21.0. The van der Waals surface area contributed by atoms with Crippen LogP contribution in [0.2, 0.25) is 0 Å². The molecular formula is C17H22N2O5. The van der Waals surface area contributed by atoms with E-state index < -0.39 is 0 Å². The first-order valence-corrected chi connectivity index (χ1v) is 7.46. The summed E-state index contributed by atoms with van der Waals surface area (Å²) in [5.74, 6) is 1.82. The Bertz CT molecular complexity index is 694. The van der Waals surface area contributed by atoms with Crippen LogP contribution in [0, 0.1) is 13.8 Å². The normalized spacial score (nSPS) is 11.8. The lowest BCUT2D eigenvalue weighted by atomic mass is 10.1. The van der Waals surface area contributed by atoms with Gasteiger partial charge in [0.15, 0.2) is 11.5 Å². The molecule has 1 aromatic heterocycles. The highest BCUT2D eigenvalue weighted by Crippen LogP contribution is 2.39. The van der Waals surface area contributed by atoms with Crippen molar-refractivity contribution in [1.82, 2.24) is 10.5 Å². The number of methoxy groups -OCH3 is 3. The largest absolute Gasteiger partial charge is 0.493 e. The van der Waals surface area contributed by atoms with Crippen molar-refractivity contribution in [2.24, 2.45) is 0 Å². The first-order valence-electron chi connectivity index (χ1n) is 7.46. The zero-order valence-electron chi connectivity index (χ0n) is 14.7. The molecule has 130 valence electrons. The highest BCUT2D eigenvalue weighted by Gasteiger charge is 2.21. The van der Waals surface area contributed by atoms with Gasteiger partial charge in [-0.25, -0.2) is 0 Å². The Kier molecular flexibility index (Phi) is 5.33. The summed E-state index contributed by atoms with van der Waals surface area (Å²) in [6.45, 7) is 5.31. The van der Waals surface area contributed by atoms with E-state index in [-0.39, 0.29) is 11.9 Å². The number of rotatable bonds is 6. The average Bonchev–Trinajstić information content (AvgIpc) is 2.91. The minimum absolute atomic E-state index is 0.243. The van der Waals surface area contributed by atoms with Gasteiger partial charge in [-0.3, -0.25) is 4.79 Å². The molecule has 0 aliphatic carbocycles. The third-order valence-electron chi connectivity index (χ3n) is 3.80. The number of nitrogens with one attached hydrogen (secondary N) is 1. The van der Waals surface area contributed by atoms with Gasteiger partial charge in [0.1, 0.15) is 11.3 Å². The van der Waals surface area contributed by atoms with Gasteiger partial charge in [-0.05, 0) is 38.5 Å². The monoisotopic (exact) mass is 334 g/mol. The van der Waals surface area contributed by atoms with Crippen LogP contribution in [-0.4, -0.2) is 32.4 Å². The number of benzene rings is 1. The maximum absolute atomic E-state index is 12.5. The maximum Gasteiger partial charge on any atom is 0.257 e. The molecule has 0 aliphatic heterocycles. The fourth-order valence-corrected chi connectivity index (χ4v) is 2.51. The molecular weight excluding hydrogens is 312 g/mol. The summed E-state index contributed by atoms with van der Waals surface area (Å²) in [7, 11) is 4.64. The third kappa shape index (κ3) is 3.29. The van der Waals surface area contributed by atoms with Crippen molar-refractivity contribution in [3.05, 3.63) is 34.7 Å². The van der Waals surface area contributed by atoms with E-state index >= 15 is 0 Å². The molecule has 0 bridgehead atoms. The molecule has 1 N–H and O–H groups in total. The van der Waals surface area contributed by atoms with Crippen LogP contribution in [-0.2, 0) is 0 Å². The summed E-state index contributed by atoms with van der Waals surface area (Å²) >= 11 is 0. The molecule has 1 amide bonds. The van der Waals surface area contributed by atoms with E-state index in [2.05, 4.69) is 10.5 Å². The van der Waals surface area contributed by atoms with Gasteiger partial charge in [0, 0.05) is 0 Å². The number of carbonyl (C=O) groups excluding carboxylic acids is 1. The summed E-state index contributed by atoms with van der Waals surface area (Å²) in [5, 5.41) is 6.73. The number of amides is 1. The number of hydrogen-bond donors (Lipinski definition) is 1. The number of aryl methyl sites for hydroxylation is 2. The Morgan fingerprint density at radius 2 is 1.71 bits per heavy atom. The zero-order chi connectivity index (χ0) is 17.9. The minimum atomic E-state index is -0.278. The molecule has 0 radical (unpaired) electrons. The number of aromatic nitrogens is 1. The summed E-state index contributed by atoms with van der Waals surface area (Å²) in [4.78, 5) is 12.5. The SMILES string of the molecule is COc1cc([C@@H](C)NC(=O)c2c(C)noc2C)cc(OC)c1OC. The van der Waals surface area contributed by atoms with Crippen molar-refractivity contribution in [2.45, 2.75) is 26.8 Å². The Morgan fingerprint density at radius 1 is 1.12 bits per heavy atom. The molecule has 0 saturated carbocycles. The predicted molar refractivity (Wildman–Crippen MR) is 88.0 cm³/mol. The van der Waals surface area contributed by atoms with Gasteiger partial charge >= 0.3 is 0 Å². The molecule has 0 unspecified atom stereocenters. The van der Waals surface area contributed by atoms with Gasteiger partial charge in [-0.15, -0.1) is 0 Å². The molecule has 1 heterocycles. The molecule has 0 saturated heterocycles. The van der Waals surface area contributed by atoms with Crippen molar-refractivity contribution in [2.75, 3.05) is 21.3 Å². The lowest BCUT2D eigenvalue weighted by Gasteiger charge is -2.18. The molecule has 7 heteroatoms. The van der Waals surface area contributed by atoms with Gasteiger partial charge in [-0.1, -0.05) is 5.16 Å². The van der Waals surface area contributed by atoms with Crippen molar-refractivity contribution >= 4 is 5.91 Å². The third-order valence-corrected chi connectivity index (χ3v) is 3.80. The van der Waals surface area contributed by atoms with E-state index in [0.29, 0.717) is 34.3 Å². The second kappa shape index (κ2) is 7.25. The lowest BCUT2D eigenvalue weighted by Crippen LogP contribution is -2.27. The van der Waals surface area contributed by atoms with Crippen LogP contribution in [0.5, 0.6) is 17.2 Å². The smallest absolute Gasteiger partial charge is 0.257 e. The topological polar surface area (TPSA) is 82.8 Å². The molecule has 0 spiro atoms. The molecule has 7 nitrogen and oxygen atoms in total. The first-order chi connectivity index (χ1) is 11.4. The van der Waals surface area contributed by atoms with Crippen molar-refractivity contribution in [3.63, 3.8) is 0 Å². The Balaban J connectivity index is 2.29. The second-order valence-electron chi connectivity index (χ2n) is 5.35. The highest BCUT2D eigenvalue weighted by molar-refractivity contribution is 5.96. The Hall–Kier alpha value is -2.70. The predicted octanol–water partition coefficient (Wildman–Crippen LogP) is 2.81. The quantitative estimate of drug-likeness (QED) is 0.874. The van der Waals surface area contributed by atoms with Crippen LogP contribution in [0.25, 0.3) is 0 Å². The van der Waals surface area contributed by atoms with Crippen LogP contribution in [0.3, 0.4) is 0 Å². The van der Waals surface area contributed by atoms with Crippen molar-refractivity contribution < 1.29 is 23.5 Å². The summed E-state index contributed by atoms with van der Waals surface area (Å²) in [6.07, 6.45) is 0. The van der Waals surface area contributed by atoms with E-state index in [4.69, 9.17) is 18.7 Å².